The van der Waals surface area contributed by atoms with Crippen LogP contribution < -0.4 is 10.6 Å². The summed E-state index contributed by atoms with van der Waals surface area (Å²) in [6.07, 6.45) is 2.55. The van der Waals surface area contributed by atoms with Crippen molar-refractivity contribution in [1.82, 2.24) is 15.1 Å². The van der Waals surface area contributed by atoms with Gasteiger partial charge in [0.15, 0.2) is 5.82 Å². The number of nitrogens with two attached hydrogens (primary N) is 1. The van der Waals surface area contributed by atoms with Crippen LogP contribution in [0, 0.1) is 0 Å². The van der Waals surface area contributed by atoms with Crippen molar-refractivity contribution < 1.29 is 4.79 Å². The highest BCUT2D eigenvalue weighted by Gasteiger charge is 2.35. The first-order valence-corrected chi connectivity index (χ1v) is 8.25. The fourth-order valence-electron chi connectivity index (χ4n) is 3.05. The molecule has 1 aliphatic heterocycles. The zero-order valence-corrected chi connectivity index (χ0v) is 13.9. The average molecular weight is 325 g/mol. The number of aromatic nitrogens is 2. The summed E-state index contributed by atoms with van der Waals surface area (Å²) in [4.78, 5) is 17.0. The molecule has 24 heavy (non-hydrogen) atoms. The van der Waals surface area contributed by atoms with Crippen LogP contribution in [0.15, 0.2) is 48.7 Å². The number of hydrogen-bond donors (Lipinski definition) is 1. The molecule has 1 atom stereocenters. The highest BCUT2D eigenvalue weighted by molar-refractivity contribution is 5.87. The third kappa shape index (κ3) is 3.38. The molecule has 6 nitrogen and oxygen atoms in total. The van der Waals surface area contributed by atoms with Crippen molar-refractivity contribution in [3.05, 3.63) is 54.2 Å². The van der Waals surface area contributed by atoms with E-state index in [-0.39, 0.29) is 5.91 Å². The molecule has 2 N–H and O–H groups in total. The molecule has 0 saturated carbocycles. The Morgan fingerprint density at radius 1 is 1.08 bits per heavy atom. The lowest BCUT2D eigenvalue weighted by atomic mass is 9.91. The molecule has 2 heterocycles. The Labute approximate surface area is 142 Å². The first-order valence-electron chi connectivity index (χ1n) is 8.25. The molecule has 0 aliphatic carbocycles. The molecule has 1 aromatic heterocycles. The maximum Gasteiger partial charge on any atom is 0.247 e. The fourth-order valence-corrected chi connectivity index (χ4v) is 3.05. The van der Waals surface area contributed by atoms with Crippen LogP contribution in [0.4, 0.5) is 5.82 Å². The van der Waals surface area contributed by atoms with Gasteiger partial charge in [-0.25, -0.2) is 0 Å². The summed E-state index contributed by atoms with van der Waals surface area (Å²) in [5.41, 5.74) is 6.21. The van der Waals surface area contributed by atoms with Gasteiger partial charge in [-0.05, 0) is 31.0 Å². The first kappa shape index (κ1) is 16.4. The lowest BCUT2D eigenvalue weighted by Crippen LogP contribution is -2.51. The SMILES string of the molecule is CC(N)(C(=O)N1CCCN(c2cccnn2)CC1)c1ccccc1. The molecule has 3 rings (SSSR count). The van der Waals surface area contributed by atoms with Gasteiger partial charge in [0.2, 0.25) is 5.91 Å². The summed E-state index contributed by atoms with van der Waals surface area (Å²) in [5, 5.41) is 8.09. The zero-order chi connectivity index (χ0) is 17.0. The van der Waals surface area contributed by atoms with E-state index < -0.39 is 5.54 Å². The molecule has 1 saturated heterocycles. The van der Waals surface area contributed by atoms with Gasteiger partial charge < -0.3 is 15.5 Å². The van der Waals surface area contributed by atoms with Gasteiger partial charge in [0.25, 0.3) is 0 Å². The van der Waals surface area contributed by atoms with Gasteiger partial charge in [0, 0.05) is 32.4 Å². The molecule has 1 fully saturated rings. The Morgan fingerprint density at radius 3 is 2.58 bits per heavy atom. The van der Waals surface area contributed by atoms with Crippen molar-refractivity contribution >= 4 is 11.7 Å². The van der Waals surface area contributed by atoms with Crippen LogP contribution in [0.5, 0.6) is 0 Å². The van der Waals surface area contributed by atoms with E-state index in [1.165, 1.54) is 0 Å². The molecule has 1 aromatic carbocycles. The second-order valence-corrected chi connectivity index (χ2v) is 6.28. The number of anilines is 1. The lowest BCUT2D eigenvalue weighted by Gasteiger charge is -2.31. The number of nitrogens with zero attached hydrogens (tertiary/aromatic N) is 4. The minimum atomic E-state index is -1.01. The summed E-state index contributed by atoms with van der Waals surface area (Å²) in [6, 6.07) is 13.4. The van der Waals surface area contributed by atoms with Crippen LogP contribution in [0.1, 0.15) is 18.9 Å². The zero-order valence-electron chi connectivity index (χ0n) is 13.9. The minimum Gasteiger partial charge on any atom is -0.353 e. The summed E-state index contributed by atoms with van der Waals surface area (Å²) in [6.45, 7) is 4.71. The molecule has 126 valence electrons. The molecule has 1 unspecified atom stereocenters. The van der Waals surface area contributed by atoms with Crippen molar-refractivity contribution in [3.8, 4) is 0 Å². The van der Waals surface area contributed by atoms with Crippen LogP contribution in [-0.2, 0) is 10.3 Å². The Hall–Kier alpha value is -2.47. The summed E-state index contributed by atoms with van der Waals surface area (Å²) < 4.78 is 0. The Kier molecular flexibility index (Phi) is 4.76. The maximum atomic E-state index is 13.0. The quantitative estimate of drug-likeness (QED) is 0.923. The Balaban J connectivity index is 1.71. The third-order valence-electron chi connectivity index (χ3n) is 4.48. The van der Waals surface area contributed by atoms with Crippen LogP contribution >= 0.6 is 0 Å². The van der Waals surface area contributed by atoms with E-state index >= 15 is 0 Å². The highest BCUT2D eigenvalue weighted by Crippen LogP contribution is 2.22. The van der Waals surface area contributed by atoms with Crippen LogP contribution in [0.3, 0.4) is 0 Å². The number of rotatable bonds is 3. The number of benzene rings is 1. The van der Waals surface area contributed by atoms with E-state index in [9.17, 15) is 4.79 Å². The van der Waals surface area contributed by atoms with Gasteiger partial charge in [0.05, 0.1) is 0 Å². The lowest BCUT2D eigenvalue weighted by molar-refractivity contribution is -0.136. The van der Waals surface area contributed by atoms with Crippen molar-refractivity contribution in [2.24, 2.45) is 5.73 Å². The second kappa shape index (κ2) is 6.97. The van der Waals surface area contributed by atoms with E-state index in [4.69, 9.17) is 5.73 Å². The maximum absolute atomic E-state index is 13.0. The van der Waals surface area contributed by atoms with Gasteiger partial charge in [0.1, 0.15) is 5.54 Å². The molecular weight excluding hydrogens is 302 g/mol. The number of amides is 1. The first-order chi connectivity index (χ1) is 11.6. The molecule has 0 spiro atoms. The van der Waals surface area contributed by atoms with E-state index in [2.05, 4.69) is 15.1 Å². The predicted octanol–water partition coefficient (Wildman–Crippen LogP) is 1.39. The Bertz CT molecular complexity index is 674. The summed E-state index contributed by atoms with van der Waals surface area (Å²) in [7, 11) is 0. The molecule has 2 aromatic rings. The normalized spacial score (nSPS) is 17.9. The number of hydrogen-bond acceptors (Lipinski definition) is 5. The number of carbonyl (C=O) groups excluding carboxylic acids is 1. The average Bonchev–Trinajstić information content (AvgIpc) is 2.88. The topological polar surface area (TPSA) is 75.4 Å². The molecular formula is C18H23N5O. The number of carbonyl (C=O) groups is 1. The molecule has 0 radical (unpaired) electrons. The summed E-state index contributed by atoms with van der Waals surface area (Å²) in [5.74, 6) is 0.820. The molecule has 0 bridgehead atoms. The third-order valence-corrected chi connectivity index (χ3v) is 4.48. The molecule has 1 aliphatic rings. The largest absolute Gasteiger partial charge is 0.353 e. The predicted molar refractivity (Wildman–Crippen MR) is 93.4 cm³/mol. The second-order valence-electron chi connectivity index (χ2n) is 6.28. The van der Waals surface area contributed by atoms with Crippen LogP contribution in [-0.4, -0.2) is 47.2 Å². The van der Waals surface area contributed by atoms with E-state index in [0.29, 0.717) is 13.1 Å². The van der Waals surface area contributed by atoms with Gasteiger partial charge in [-0.1, -0.05) is 30.3 Å². The van der Waals surface area contributed by atoms with Crippen LogP contribution in [0.2, 0.25) is 0 Å². The van der Waals surface area contributed by atoms with Crippen molar-refractivity contribution in [3.63, 3.8) is 0 Å². The minimum absolute atomic E-state index is 0.0327. The highest BCUT2D eigenvalue weighted by atomic mass is 16.2. The van der Waals surface area contributed by atoms with Crippen LogP contribution in [0.25, 0.3) is 0 Å². The van der Waals surface area contributed by atoms with Crippen molar-refractivity contribution in [2.45, 2.75) is 18.9 Å². The Morgan fingerprint density at radius 2 is 1.88 bits per heavy atom. The van der Waals surface area contributed by atoms with Gasteiger partial charge in [-0.2, -0.15) is 5.10 Å². The van der Waals surface area contributed by atoms with Crippen molar-refractivity contribution in [1.29, 1.82) is 0 Å². The van der Waals surface area contributed by atoms with E-state index in [0.717, 1.165) is 30.9 Å². The smallest absolute Gasteiger partial charge is 0.247 e. The fraction of sp³-hybridized carbons (Fsp3) is 0.389. The molecule has 1 amide bonds. The molecule has 6 heteroatoms. The monoisotopic (exact) mass is 325 g/mol. The van der Waals surface area contributed by atoms with Crippen molar-refractivity contribution in [2.75, 3.05) is 31.1 Å². The summed E-state index contributed by atoms with van der Waals surface area (Å²) >= 11 is 0. The standard InChI is InChI=1S/C18H23N5O/c1-18(19,15-7-3-2-4-8-15)17(24)23-12-6-11-22(13-14-23)16-9-5-10-20-21-16/h2-5,7-10H,6,11-14,19H2,1H3. The van der Waals surface area contributed by atoms with Gasteiger partial charge in [-0.15, -0.1) is 5.10 Å². The van der Waals surface area contributed by atoms with Gasteiger partial charge in [-0.3, -0.25) is 4.79 Å². The van der Waals surface area contributed by atoms with E-state index in [1.807, 2.05) is 47.4 Å². The van der Waals surface area contributed by atoms with Gasteiger partial charge >= 0.3 is 0 Å². The van der Waals surface area contributed by atoms with E-state index in [1.54, 1.807) is 13.1 Å².